The second-order valence-electron chi connectivity index (χ2n) is 6.34. The van der Waals surface area contributed by atoms with Crippen molar-refractivity contribution in [1.29, 1.82) is 0 Å². The Bertz CT molecular complexity index is 883. The number of benzene rings is 2. The van der Waals surface area contributed by atoms with Crippen LogP contribution in [0.2, 0.25) is 0 Å². The largest absolute Gasteiger partial charge is 0.454 e. The summed E-state index contributed by atoms with van der Waals surface area (Å²) in [6.07, 6.45) is 0.250. The Balaban J connectivity index is 1.69. The van der Waals surface area contributed by atoms with Crippen molar-refractivity contribution >= 4 is 15.6 Å². The molecule has 0 amide bonds. The zero-order valence-electron chi connectivity index (χ0n) is 14.2. The van der Waals surface area contributed by atoms with Crippen LogP contribution in [0.3, 0.4) is 0 Å². The van der Waals surface area contributed by atoms with Gasteiger partial charge in [-0.2, -0.15) is 0 Å². The van der Waals surface area contributed by atoms with Gasteiger partial charge in [0.2, 0.25) is 6.79 Å². The molecule has 25 heavy (non-hydrogen) atoms. The van der Waals surface area contributed by atoms with Crippen LogP contribution in [0.1, 0.15) is 35.3 Å². The van der Waals surface area contributed by atoms with Crippen LogP contribution >= 0.6 is 0 Å². The van der Waals surface area contributed by atoms with Crippen molar-refractivity contribution in [2.75, 3.05) is 6.79 Å². The SMILES string of the molecule is CC(C)S(=O)(=O)Cc1ccc(C(=O)Cc2ccc3c(c2)OCO3)cc1. The first-order chi connectivity index (χ1) is 11.8. The molecule has 5 nitrogen and oxygen atoms in total. The minimum absolute atomic E-state index is 0.0126. The molecular weight excluding hydrogens is 340 g/mol. The Hall–Kier alpha value is -2.34. The zero-order chi connectivity index (χ0) is 18.0. The first-order valence-corrected chi connectivity index (χ1v) is 9.79. The lowest BCUT2D eigenvalue weighted by Gasteiger charge is -2.08. The molecule has 2 aromatic rings. The molecule has 0 saturated carbocycles. The second-order valence-corrected chi connectivity index (χ2v) is 8.90. The third kappa shape index (κ3) is 4.02. The summed E-state index contributed by atoms with van der Waals surface area (Å²) in [7, 11) is -3.15. The van der Waals surface area contributed by atoms with E-state index in [1.807, 2.05) is 12.1 Å². The van der Waals surface area contributed by atoms with E-state index in [1.54, 1.807) is 44.2 Å². The monoisotopic (exact) mass is 360 g/mol. The normalized spacial score (nSPS) is 13.2. The predicted octanol–water partition coefficient (Wildman–Crippen LogP) is 3.16. The number of ether oxygens (including phenoxy) is 2. The minimum Gasteiger partial charge on any atom is -0.454 e. The maximum Gasteiger partial charge on any atom is 0.231 e. The van der Waals surface area contributed by atoms with E-state index in [-0.39, 0.29) is 24.7 Å². The summed E-state index contributed by atoms with van der Waals surface area (Å²) in [6, 6.07) is 12.2. The van der Waals surface area contributed by atoms with Crippen LogP contribution in [0.4, 0.5) is 0 Å². The van der Waals surface area contributed by atoms with E-state index in [2.05, 4.69) is 0 Å². The third-order valence-electron chi connectivity index (χ3n) is 4.16. The van der Waals surface area contributed by atoms with Gasteiger partial charge in [0.25, 0.3) is 0 Å². The molecule has 0 fully saturated rings. The number of Topliss-reactive ketones (excluding diaryl/α,β-unsaturated/α-hetero) is 1. The average molecular weight is 360 g/mol. The Kier molecular flexibility index (Phi) is 4.81. The quantitative estimate of drug-likeness (QED) is 0.740. The molecule has 0 aromatic heterocycles. The number of rotatable bonds is 6. The van der Waals surface area contributed by atoms with Crippen LogP contribution in [-0.4, -0.2) is 26.2 Å². The first-order valence-electron chi connectivity index (χ1n) is 8.07. The number of hydrogen-bond acceptors (Lipinski definition) is 5. The standard InChI is InChI=1S/C19H20O5S/c1-13(2)25(21,22)11-14-3-6-16(7-4-14)17(20)9-15-5-8-18-19(10-15)24-12-23-18/h3-8,10,13H,9,11-12H2,1-2H3. The van der Waals surface area contributed by atoms with E-state index in [0.717, 1.165) is 5.56 Å². The van der Waals surface area contributed by atoms with Gasteiger partial charge in [0.1, 0.15) is 0 Å². The smallest absolute Gasteiger partial charge is 0.231 e. The average Bonchev–Trinajstić information content (AvgIpc) is 3.02. The zero-order valence-corrected chi connectivity index (χ0v) is 15.0. The summed E-state index contributed by atoms with van der Waals surface area (Å²) < 4.78 is 34.5. The van der Waals surface area contributed by atoms with Gasteiger partial charge in [0.05, 0.1) is 11.0 Å². The van der Waals surface area contributed by atoms with Crippen molar-refractivity contribution in [3.8, 4) is 11.5 Å². The Morgan fingerprint density at radius 1 is 1.00 bits per heavy atom. The summed E-state index contributed by atoms with van der Waals surface area (Å²) in [5.74, 6) is 1.30. The topological polar surface area (TPSA) is 69.7 Å². The molecule has 1 aliphatic rings. The van der Waals surface area contributed by atoms with Gasteiger partial charge in [-0.05, 0) is 37.1 Å². The summed E-state index contributed by atoms with van der Waals surface area (Å²) in [4.78, 5) is 12.4. The van der Waals surface area contributed by atoms with Crippen molar-refractivity contribution in [2.24, 2.45) is 0 Å². The van der Waals surface area contributed by atoms with Crippen molar-refractivity contribution in [3.63, 3.8) is 0 Å². The second kappa shape index (κ2) is 6.88. The van der Waals surface area contributed by atoms with E-state index < -0.39 is 15.1 Å². The van der Waals surface area contributed by atoms with Crippen LogP contribution in [0.15, 0.2) is 42.5 Å². The Morgan fingerprint density at radius 2 is 1.64 bits per heavy atom. The van der Waals surface area contributed by atoms with Crippen LogP contribution in [0.5, 0.6) is 11.5 Å². The molecule has 0 aliphatic carbocycles. The number of carbonyl (C=O) groups excluding carboxylic acids is 1. The maximum absolute atomic E-state index is 12.4. The van der Waals surface area contributed by atoms with E-state index >= 15 is 0 Å². The molecular formula is C19H20O5S. The van der Waals surface area contributed by atoms with Gasteiger partial charge >= 0.3 is 0 Å². The van der Waals surface area contributed by atoms with Crippen molar-refractivity contribution in [2.45, 2.75) is 31.3 Å². The van der Waals surface area contributed by atoms with Crippen molar-refractivity contribution in [1.82, 2.24) is 0 Å². The van der Waals surface area contributed by atoms with Gasteiger partial charge in [-0.1, -0.05) is 30.3 Å². The molecule has 0 unspecified atom stereocenters. The lowest BCUT2D eigenvalue weighted by atomic mass is 10.0. The van der Waals surface area contributed by atoms with Crippen molar-refractivity contribution < 1.29 is 22.7 Å². The van der Waals surface area contributed by atoms with Gasteiger partial charge in [0.15, 0.2) is 27.1 Å². The number of fused-ring (bicyclic) bond motifs is 1. The Labute approximate surface area is 147 Å². The molecule has 132 valence electrons. The summed E-state index contributed by atoms with van der Waals surface area (Å²) in [5, 5.41) is -0.417. The number of ketones is 1. The molecule has 0 radical (unpaired) electrons. The maximum atomic E-state index is 12.4. The van der Waals surface area contributed by atoms with E-state index in [4.69, 9.17) is 9.47 Å². The summed E-state index contributed by atoms with van der Waals surface area (Å²) >= 11 is 0. The van der Waals surface area contributed by atoms with Crippen LogP contribution in [-0.2, 0) is 22.0 Å². The molecule has 1 heterocycles. The molecule has 2 aromatic carbocycles. The van der Waals surface area contributed by atoms with Gasteiger partial charge < -0.3 is 9.47 Å². The van der Waals surface area contributed by atoms with Crippen LogP contribution in [0.25, 0.3) is 0 Å². The van der Waals surface area contributed by atoms with Crippen LogP contribution in [0, 0.1) is 0 Å². The van der Waals surface area contributed by atoms with Crippen LogP contribution < -0.4 is 9.47 Å². The highest BCUT2D eigenvalue weighted by atomic mass is 32.2. The lowest BCUT2D eigenvalue weighted by Crippen LogP contribution is -2.16. The summed E-state index contributed by atoms with van der Waals surface area (Å²) in [5.41, 5.74) is 2.09. The van der Waals surface area contributed by atoms with Gasteiger partial charge in [-0.15, -0.1) is 0 Å². The predicted molar refractivity (Wildman–Crippen MR) is 94.8 cm³/mol. The molecule has 0 saturated heterocycles. The fourth-order valence-electron chi connectivity index (χ4n) is 2.52. The third-order valence-corrected chi connectivity index (χ3v) is 6.34. The highest BCUT2D eigenvalue weighted by Crippen LogP contribution is 2.32. The number of hydrogen-bond donors (Lipinski definition) is 0. The minimum atomic E-state index is -3.15. The van der Waals surface area contributed by atoms with Gasteiger partial charge in [-0.3, -0.25) is 4.79 Å². The number of sulfone groups is 1. The Morgan fingerprint density at radius 3 is 2.32 bits per heavy atom. The molecule has 1 aliphatic heterocycles. The molecule has 6 heteroatoms. The van der Waals surface area contributed by atoms with Crippen molar-refractivity contribution in [3.05, 3.63) is 59.2 Å². The first kappa shape index (κ1) is 17.5. The number of carbonyl (C=O) groups is 1. The lowest BCUT2D eigenvalue weighted by molar-refractivity contribution is 0.0993. The molecule has 0 atom stereocenters. The fourth-order valence-corrected chi connectivity index (χ4v) is 3.51. The van der Waals surface area contributed by atoms with E-state index in [1.165, 1.54) is 0 Å². The van der Waals surface area contributed by atoms with Gasteiger partial charge in [-0.25, -0.2) is 8.42 Å². The van der Waals surface area contributed by atoms with E-state index in [0.29, 0.717) is 22.6 Å². The highest BCUT2D eigenvalue weighted by Gasteiger charge is 2.18. The molecule has 3 rings (SSSR count). The molecule has 0 spiro atoms. The van der Waals surface area contributed by atoms with Gasteiger partial charge in [0, 0.05) is 12.0 Å². The van der Waals surface area contributed by atoms with E-state index in [9.17, 15) is 13.2 Å². The summed E-state index contributed by atoms with van der Waals surface area (Å²) in [6.45, 7) is 3.53. The molecule has 0 bridgehead atoms. The molecule has 0 N–H and O–H groups in total. The fraction of sp³-hybridized carbons (Fsp3) is 0.316. The highest BCUT2D eigenvalue weighted by molar-refractivity contribution is 7.91.